The second-order valence-electron chi connectivity index (χ2n) is 5.63. The molecule has 2 N–H and O–H groups in total. The van der Waals surface area contributed by atoms with Crippen molar-refractivity contribution >= 4 is 11.0 Å². The van der Waals surface area contributed by atoms with Crippen LogP contribution in [0.15, 0.2) is 18.5 Å². The summed E-state index contributed by atoms with van der Waals surface area (Å²) < 4.78 is 2.18. The molecule has 4 heteroatoms. The Hall–Kier alpha value is -1.42. The molecule has 1 aliphatic carbocycles. The van der Waals surface area contributed by atoms with Gasteiger partial charge in [-0.2, -0.15) is 0 Å². The number of fused-ring (bicyclic) bond motifs is 1. The summed E-state index contributed by atoms with van der Waals surface area (Å²) in [5.41, 5.74) is 8.46. The van der Waals surface area contributed by atoms with E-state index in [4.69, 9.17) is 10.7 Å². The van der Waals surface area contributed by atoms with Crippen molar-refractivity contribution in [3.8, 4) is 0 Å². The summed E-state index contributed by atoms with van der Waals surface area (Å²) in [6.45, 7) is 2.26. The van der Waals surface area contributed by atoms with Gasteiger partial charge in [0.15, 0.2) is 0 Å². The monoisotopic (exact) mass is 244 g/mol. The van der Waals surface area contributed by atoms with E-state index in [1.54, 1.807) is 0 Å². The summed E-state index contributed by atoms with van der Waals surface area (Å²) in [7, 11) is 2.08. The Balaban J connectivity index is 2.16. The van der Waals surface area contributed by atoms with Crippen molar-refractivity contribution in [2.45, 2.75) is 44.1 Å². The average molecular weight is 244 g/mol. The third-order valence-electron chi connectivity index (χ3n) is 4.47. The zero-order chi connectivity index (χ0) is 12.8. The van der Waals surface area contributed by atoms with Crippen LogP contribution in [0.4, 0.5) is 0 Å². The topological polar surface area (TPSA) is 56.7 Å². The lowest BCUT2D eigenvalue weighted by atomic mass is 9.71. The van der Waals surface area contributed by atoms with E-state index < -0.39 is 0 Å². The quantitative estimate of drug-likeness (QED) is 0.836. The second kappa shape index (κ2) is 4.05. The average Bonchev–Trinajstić information content (AvgIpc) is 2.72. The Morgan fingerprint density at radius 3 is 3.00 bits per heavy atom. The number of nitrogens with zero attached hydrogens (tertiary/aromatic N) is 3. The van der Waals surface area contributed by atoms with Gasteiger partial charge in [0.2, 0.25) is 0 Å². The summed E-state index contributed by atoms with van der Waals surface area (Å²) in [5.74, 6) is 1.11. The van der Waals surface area contributed by atoms with Crippen LogP contribution in [0.5, 0.6) is 0 Å². The molecule has 0 spiro atoms. The third kappa shape index (κ3) is 1.56. The molecule has 18 heavy (non-hydrogen) atoms. The molecule has 1 fully saturated rings. The standard InChI is InChI=1S/C14H20N4/c1-14(7-4-3-5-12(14)15)13-17-10-9-16-8-6-11(10)18(13)2/h6,8-9,12H,3-5,7,15H2,1-2H3. The van der Waals surface area contributed by atoms with Gasteiger partial charge >= 0.3 is 0 Å². The van der Waals surface area contributed by atoms with E-state index in [0.717, 1.165) is 29.7 Å². The van der Waals surface area contributed by atoms with E-state index in [1.165, 1.54) is 12.8 Å². The number of imidazole rings is 1. The summed E-state index contributed by atoms with van der Waals surface area (Å²) in [5, 5.41) is 0. The highest BCUT2D eigenvalue weighted by atomic mass is 15.1. The molecule has 3 rings (SSSR count). The van der Waals surface area contributed by atoms with Crippen molar-refractivity contribution in [2.75, 3.05) is 0 Å². The van der Waals surface area contributed by atoms with Gasteiger partial charge < -0.3 is 10.3 Å². The molecule has 96 valence electrons. The molecular weight excluding hydrogens is 224 g/mol. The van der Waals surface area contributed by atoms with Crippen LogP contribution < -0.4 is 5.73 Å². The summed E-state index contributed by atoms with van der Waals surface area (Å²) in [6.07, 6.45) is 8.35. The van der Waals surface area contributed by atoms with Gasteiger partial charge in [-0.25, -0.2) is 4.98 Å². The van der Waals surface area contributed by atoms with E-state index >= 15 is 0 Å². The predicted octanol–water partition coefficient (Wildman–Crippen LogP) is 2.13. The fourth-order valence-corrected chi connectivity index (χ4v) is 3.20. The highest BCUT2D eigenvalue weighted by Crippen LogP contribution is 2.38. The highest BCUT2D eigenvalue weighted by Gasteiger charge is 2.39. The lowest BCUT2D eigenvalue weighted by Gasteiger charge is -2.38. The van der Waals surface area contributed by atoms with Crippen LogP contribution in [0.3, 0.4) is 0 Å². The van der Waals surface area contributed by atoms with Crippen molar-refractivity contribution in [1.82, 2.24) is 14.5 Å². The van der Waals surface area contributed by atoms with E-state index in [1.807, 2.05) is 18.5 Å². The van der Waals surface area contributed by atoms with Crippen LogP contribution in [-0.4, -0.2) is 20.6 Å². The number of nitrogens with two attached hydrogens (primary N) is 1. The molecule has 0 saturated heterocycles. The number of rotatable bonds is 1. The van der Waals surface area contributed by atoms with Crippen molar-refractivity contribution in [2.24, 2.45) is 12.8 Å². The Kier molecular flexibility index (Phi) is 2.63. The number of aryl methyl sites for hydroxylation is 1. The molecule has 2 unspecified atom stereocenters. The Bertz CT molecular complexity index is 574. The van der Waals surface area contributed by atoms with Crippen LogP contribution in [0, 0.1) is 0 Å². The van der Waals surface area contributed by atoms with Crippen LogP contribution in [0.2, 0.25) is 0 Å². The Labute approximate surface area is 107 Å². The lowest BCUT2D eigenvalue weighted by molar-refractivity contribution is 0.254. The smallest absolute Gasteiger partial charge is 0.117 e. The van der Waals surface area contributed by atoms with Gasteiger partial charge in [0.05, 0.1) is 11.7 Å². The minimum absolute atomic E-state index is 0.00792. The van der Waals surface area contributed by atoms with Gasteiger partial charge in [0, 0.05) is 24.7 Å². The van der Waals surface area contributed by atoms with E-state index in [2.05, 4.69) is 23.5 Å². The van der Waals surface area contributed by atoms with E-state index in [-0.39, 0.29) is 11.5 Å². The predicted molar refractivity (Wildman–Crippen MR) is 72.3 cm³/mol. The van der Waals surface area contributed by atoms with Crippen molar-refractivity contribution in [3.05, 3.63) is 24.3 Å². The summed E-state index contributed by atoms with van der Waals surface area (Å²) in [4.78, 5) is 8.93. The maximum Gasteiger partial charge on any atom is 0.117 e. The van der Waals surface area contributed by atoms with Crippen LogP contribution in [0.25, 0.3) is 11.0 Å². The molecule has 1 aliphatic rings. The number of hydrogen-bond acceptors (Lipinski definition) is 3. The molecule has 0 aromatic carbocycles. The van der Waals surface area contributed by atoms with Crippen LogP contribution in [0.1, 0.15) is 38.4 Å². The van der Waals surface area contributed by atoms with Crippen LogP contribution >= 0.6 is 0 Å². The van der Waals surface area contributed by atoms with Gasteiger partial charge in [-0.05, 0) is 18.9 Å². The first-order valence-corrected chi connectivity index (χ1v) is 6.65. The molecule has 4 nitrogen and oxygen atoms in total. The molecular formula is C14H20N4. The summed E-state index contributed by atoms with van der Waals surface area (Å²) in [6, 6.07) is 2.22. The van der Waals surface area contributed by atoms with E-state index in [9.17, 15) is 0 Å². The maximum atomic E-state index is 6.37. The SMILES string of the molecule is Cn1c(C2(C)CCCCC2N)nc2cnccc21. The first-order valence-electron chi connectivity index (χ1n) is 6.65. The molecule has 2 aromatic heterocycles. The van der Waals surface area contributed by atoms with Crippen LogP contribution in [-0.2, 0) is 12.5 Å². The first kappa shape index (κ1) is 11.7. The van der Waals surface area contributed by atoms with Crippen molar-refractivity contribution in [1.29, 1.82) is 0 Å². The number of hydrogen-bond donors (Lipinski definition) is 1. The summed E-state index contributed by atoms with van der Waals surface area (Å²) >= 11 is 0. The van der Waals surface area contributed by atoms with Gasteiger partial charge in [0.25, 0.3) is 0 Å². The molecule has 1 saturated carbocycles. The van der Waals surface area contributed by atoms with Gasteiger partial charge in [-0.15, -0.1) is 0 Å². The van der Waals surface area contributed by atoms with Crippen molar-refractivity contribution < 1.29 is 0 Å². The lowest BCUT2D eigenvalue weighted by Crippen LogP contribution is -2.47. The fraction of sp³-hybridized carbons (Fsp3) is 0.571. The molecule has 2 heterocycles. The maximum absolute atomic E-state index is 6.37. The molecule has 0 amide bonds. The fourth-order valence-electron chi connectivity index (χ4n) is 3.20. The zero-order valence-corrected chi connectivity index (χ0v) is 11.1. The molecule has 2 aromatic rings. The highest BCUT2D eigenvalue weighted by molar-refractivity contribution is 5.74. The Morgan fingerprint density at radius 2 is 2.28 bits per heavy atom. The third-order valence-corrected chi connectivity index (χ3v) is 4.47. The number of aromatic nitrogens is 3. The van der Waals surface area contributed by atoms with E-state index in [0.29, 0.717) is 0 Å². The largest absolute Gasteiger partial charge is 0.331 e. The molecule has 2 atom stereocenters. The minimum Gasteiger partial charge on any atom is -0.331 e. The first-order chi connectivity index (χ1) is 8.63. The Morgan fingerprint density at radius 1 is 1.44 bits per heavy atom. The van der Waals surface area contributed by atoms with Gasteiger partial charge in [-0.3, -0.25) is 4.98 Å². The minimum atomic E-state index is -0.00792. The molecule has 0 bridgehead atoms. The van der Waals surface area contributed by atoms with Crippen molar-refractivity contribution in [3.63, 3.8) is 0 Å². The van der Waals surface area contributed by atoms with Gasteiger partial charge in [-0.1, -0.05) is 19.8 Å². The number of pyridine rings is 1. The molecule has 0 aliphatic heterocycles. The normalized spacial score (nSPS) is 28.7. The molecule has 0 radical (unpaired) electrons. The second-order valence-corrected chi connectivity index (χ2v) is 5.63. The zero-order valence-electron chi connectivity index (χ0n) is 11.1. The van der Waals surface area contributed by atoms with Gasteiger partial charge in [0.1, 0.15) is 11.3 Å².